The maximum atomic E-state index is 12.6. The monoisotopic (exact) mass is 572 g/mol. The minimum Gasteiger partial charge on any atom is -0.494 e. The Morgan fingerprint density at radius 2 is 1.10 bits per heavy atom. The van der Waals surface area contributed by atoms with Crippen LogP contribution in [0.1, 0.15) is 79.8 Å². The summed E-state index contributed by atoms with van der Waals surface area (Å²) in [6, 6.07) is 23.0. The van der Waals surface area contributed by atoms with Crippen LogP contribution in [0.15, 0.2) is 85.5 Å². The Kier molecular flexibility index (Phi) is 14.8. The molecule has 0 bridgehead atoms. The van der Waals surface area contributed by atoms with Crippen LogP contribution < -0.4 is 14.2 Å². The molecule has 224 valence electrons. The fourth-order valence-corrected chi connectivity index (χ4v) is 4.32. The molecule has 0 atom stereocenters. The standard InChI is InChI=1S/C36H44O6/c1-3-5-6-9-26-40-33-24-18-31(19-25-33)36(38)42-34-22-16-30(17-23-34)13-12-29-14-20-32(21-15-29)39-27-10-7-8-11-28-41-35(37)4-2/h4,14-25H,2-3,5-13,26-28H2,1H3. The van der Waals surface area contributed by atoms with Crippen molar-refractivity contribution in [3.63, 3.8) is 0 Å². The van der Waals surface area contributed by atoms with E-state index in [-0.39, 0.29) is 11.9 Å². The van der Waals surface area contributed by atoms with Gasteiger partial charge >= 0.3 is 11.9 Å². The lowest BCUT2D eigenvalue weighted by Gasteiger charge is -2.09. The third-order valence-electron chi connectivity index (χ3n) is 6.83. The normalized spacial score (nSPS) is 10.6. The topological polar surface area (TPSA) is 71.1 Å². The van der Waals surface area contributed by atoms with Crippen molar-refractivity contribution in [3.05, 3.63) is 102 Å². The molecule has 0 unspecified atom stereocenters. The van der Waals surface area contributed by atoms with Gasteiger partial charge in [-0.15, -0.1) is 0 Å². The number of benzene rings is 3. The van der Waals surface area contributed by atoms with Crippen molar-refractivity contribution in [2.24, 2.45) is 0 Å². The van der Waals surface area contributed by atoms with Gasteiger partial charge in [0, 0.05) is 6.08 Å². The van der Waals surface area contributed by atoms with Gasteiger partial charge in [0.2, 0.25) is 0 Å². The summed E-state index contributed by atoms with van der Waals surface area (Å²) >= 11 is 0. The van der Waals surface area contributed by atoms with Gasteiger partial charge in [0.1, 0.15) is 17.2 Å². The van der Waals surface area contributed by atoms with Gasteiger partial charge < -0.3 is 18.9 Å². The highest BCUT2D eigenvalue weighted by molar-refractivity contribution is 5.91. The highest BCUT2D eigenvalue weighted by Crippen LogP contribution is 2.19. The molecule has 3 aromatic carbocycles. The number of hydrogen-bond donors (Lipinski definition) is 0. The summed E-state index contributed by atoms with van der Waals surface area (Å²) in [6.07, 6.45) is 11.5. The first kappa shape index (κ1) is 32.5. The third-order valence-corrected chi connectivity index (χ3v) is 6.83. The van der Waals surface area contributed by atoms with Crippen molar-refractivity contribution in [1.29, 1.82) is 0 Å². The summed E-state index contributed by atoms with van der Waals surface area (Å²) in [5.74, 6) is 1.41. The Morgan fingerprint density at radius 1 is 0.619 bits per heavy atom. The van der Waals surface area contributed by atoms with E-state index in [4.69, 9.17) is 18.9 Å². The third kappa shape index (κ3) is 12.6. The zero-order chi connectivity index (χ0) is 29.8. The Bertz CT molecular complexity index is 1200. The van der Waals surface area contributed by atoms with E-state index in [1.807, 2.05) is 48.5 Å². The Labute approximate surface area is 250 Å². The Morgan fingerprint density at radius 3 is 1.62 bits per heavy atom. The predicted molar refractivity (Wildman–Crippen MR) is 166 cm³/mol. The lowest BCUT2D eigenvalue weighted by molar-refractivity contribution is -0.137. The van der Waals surface area contributed by atoms with Crippen LogP contribution in [0.2, 0.25) is 0 Å². The molecule has 0 saturated heterocycles. The number of esters is 2. The lowest BCUT2D eigenvalue weighted by atomic mass is 10.0. The van der Waals surface area contributed by atoms with Crippen molar-refractivity contribution in [3.8, 4) is 17.2 Å². The lowest BCUT2D eigenvalue weighted by Crippen LogP contribution is -2.08. The largest absolute Gasteiger partial charge is 0.494 e. The van der Waals surface area contributed by atoms with E-state index in [9.17, 15) is 9.59 Å². The first-order valence-corrected chi connectivity index (χ1v) is 15.1. The molecule has 0 saturated carbocycles. The molecule has 6 heteroatoms. The van der Waals surface area contributed by atoms with Gasteiger partial charge in [0.05, 0.1) is 25.4 Å². The van der Waals surface area contributed by atoms with E-state index in [1.54, 1.807) is 12.1 Å². The summed E-state index contributed by atoms with van der Waals surface area (Å²) in [5.41, 5.74) is 2.91. The second-order valence-electron chi connectivity index (χ2n) is 10.2. The Balaban J connectivity index is 1.31. The summed E-state index contributed by atoms with van der Waals surface area (Å²) in [4.78, 5) is 23.5. The molecule has 3 aromatic rings. The van der Waals surface area contributed by atoms with Gasteiger partial charge in [0.25, 0.3) is 0 Å². The molecule has 0 heterocycles. The van der Waals surface area contributed by atoms with Gasteiger partial charge in [-0.2, -0.15) is 0 Å². The van der Waals surface area contributed by atoms with Crippen LogP contribution in [0.25, 0.3) is 0 Å². The smallest absolute Gasteiger partial charge is 0.343 e. The number of rotatable bonds is 20. The van der Waals surface area contributed by atoms with Crippen molar-refractivity contribution < 1.29 is 28.5 Å². The molecular formula is C36H44O6. The van der Waals surface area contributed by atoms with Crippen molar-refractivity contribution in [2.75, 3.05) is 19.8 Å². The van der Waals surface area contributed by atoms with Crippen molar-refractivity contribution in [1.82, 2.24) is 0 Å². The molecule has 0 aliphatic rings. The molecule has 0 aromatic heterocycles. The van der Waals surface area contributed by atoms with E-state index < -0.39 is 0 Å². The second-order valence-corrected chi connectivity index (χ2v) is 10.2. The van der Waals surface area contributed by atoms with Crippen LogP contribution >= 0.6 is 0 Å². The van der Waals surface area contributed by atoms with Gasteiger partial charge in [-0.3, -0.25) is 0 Å². The van der Waals surface area contributed by atoms with Crippen LogP contribution in [-0.2, 0) is 22.4 Å². The maximum absolute atomic E-state index is 12.6. The molecule has 0 aliphatic heterocycles. The summed E-state index contributed by atoms with van der Waals surface area (Å²) in [5, 5.41) is 0. The Hall–Kier alpha value is -4.06. The second kappa shape index (κ2) is 19.1. The highest BCUT2D eigenvalue weighted by atomic mass is 16.5. The van der Waals surface area contributed by atoms with Crippen LogP contribution in [0.4, 0.5) is 0 Å². The molecule has 0 radical (unpaired) electrons. The van der Waals surface area contributed by atoms with E-state index in [1.165, 1.54) is 36.5 Å². The molecule has 6 nitrogen and oxygen atoms in total. The number of carbonyl (C=O) groups is 2. The summed E-state index contributed by atoms with van der Waals surface area (Å²) in [7, 11) is 0. The average molecular weight is 573 g/mol. The van der Waals surface area contributed by atoms with Gasteiger partial charge in [-0.1, -0.05) is 57.0 Å². The minimum atomic E-state index is -0.383. The van der Waals surface area contributed by atoms with Gasteiger partial charge in [-0.25, -0.2) is 9.59 Å². The SMILES string of the molecule is C=CC(=O)OCCCCCCOc1ccc(CCc2ccc(OC(=O)c3ccc(OCCCCCC)cc3)cc2)cc1. The molecule has 0 spiro atoms. The number of carbonyl (C=O) groups excluding carboxylic acids is 2. The molecule has 0 N–H and O–H groups in total. The molecule has 0 fully saturated rings. The van der Waals surface area contributed by atoms with E-state index >= 15 is 0 Å². The van der Waals surface area contributed by atoms with Crippen LogP contribution in [-0.4, -0.2) is 31.8 Å². The van der Waals surface area contributed by atoms with Crippen molar-refractivity contribution >= 4 is 11.9 Å². The van der Waals surface area contributed by atoms with Crippen molar-refractivity contribution in [2.45, 2.75) is 71.1 Å². The van der Waals surface area contributed by atoms with E-state index in [0.717, 1.165) is 56.4 Å². The highest BCUT2D eigenvalue weighted by Gasteiger charge is 2.09. The van der Waals surface area contributed by atoms with Gasteiger partial charge in [-0.05, 0) is 105 Å². The first-order valence-electron chi connectivity index (χ1n) is 15.1. The molecule has 3 rings (SSSR count). The number of aryl methyl sites for hydroxylation is 2. The predicted octanol–water partition coefficient (Wildman–Crippen LogP) is 8.32. The maximum Gasteiger partial charge on any atom is 0.343 e. The minimum absolute atomic E-state index is 0.366. The van der Waals surface area contributed by atoms with Crippen LogP contribution in [0, 0.1) is 0 Å². The number of unbranched alkanes of at least 4 members (excludes halogenated alkanes) is 6. The average Bonchev–Trinajstić information content (AvgIpc) is 3.02. The fourth-order valence-electron chi connectivity index (χ4n) is 4.32. The van der Waals surface area contributed by atoms with Crippen LogP contribution in [0.3, 0.4) is 0 Å². The number of ether oxygens (including phenoxy) is 4. The number of hydrogen-bond acceptors (Lipinski definition) is 6. The van der Waals surface area contributed by atoms with Gasteiger partial charge in [0.15, 0.2) is 0 Å². The zero-order valence-corrected chi connectivity index (χ0v) is 24.9. The molecule has 0 aliphatic carbocycles. The first-order chi connectivity index (χ1) is 20.6. The quantitative estimate of drug-likeness (QED) is 0.0587. The summed E-state index contributed by atoms with van der Waals surface area (Å²) in [6.45, 7) is 7.37. The fraction of sp³-hybridized carbons (Fsp3) is 0.389. The van der Waals surface area contributed by atoms with Crippen LogP contribution in [0.5, 0.6) is 17.2 Å². The molecule has 42 heavy (non-hydrogen) atoms. The summed E-state index contributed by atoms with van der Waals surface area (Å²) < 4.78 is 22.1. The molecule has 0 amide bonds. The van der Waals surface area contributed by atoms with E-state index in [0.29, 0.717) is 31.1 Å². The molecular weight excluding hydrogens is 528 g/mol. The zero-order valence-electron chi connectivity index (χ0n) is 24.9. The van der Waals surface area contributed by atoms with E-state index in [2.05, 4.69) is 25.6 Å².